The second-order valence-corrected chi connectivity index (χ2v) is 5.20. The first-order chi connectivity index (χ1) is 9.81. The first-order valence-corrected chi connectivity index (χ1v) is 6.80. The average Bonchev–Trinajstić information content (AvgIpc) is 2.37. The Morgan fingerprint density at radius 3 is 2.43 bits per heavy atom. The Bertz CT molecular complexity index is 497. The van der Waals surface area contributed by atoms with E-state index in [0.29, 0.717) is 6.61 Å². The van der Waals surface area contributed by atoms with Crippen LogP contribution in [0.4, 0.5) is 4.79 Å². The summed E-state index contributed by atoms with van der Waals surface area (Å²) in [6, 6.07) is 5.39. The first-order valence-electron chi connectivity index (χ1n) is 6.80. The molecule has 0 spiro atoms. The number of urea groups is 1. The molecule has 3 N–H and O–H groups in total. The van der Waals surface area contributed by atoms with Crippen LogP contribution in [0.25, 0.3) is 0 Å². The van der Waals surface area contributed by atoms with E-state index in [9.17, 15) is 9.59 Å². The van der Waals surface area contributed by atoms with Gasteiger partial charge in [0.25, 0.3) is 0 Å². The number of hydrogen-bond donors (Lipinski definition) is 2. The van der Waals surface area contributed by atoms with Crippen molar-refractivity contribution in [3.63, 3.8) is 0 Å². The highest BCUT2D eigenvalue weighted by atomic mass is 16.5. The highest BCUT2D eigenvalue weighted by molar-refractivity contribution is 5.82. The lowest BCUT2D eigenvalue weighted by molar-refractivity contribution is -0.118. The number of rotatable bonds is 6. The predicted molar refractivity (Wildman–Crippen MR) is 81.2 cm³/mol. The van der Waals surface area contributed by atoms with Crippen LogP contribution in [-0.2, 0) is 4.79 Å². The summed E-state index contributed by atoms with van der Waals surface area (Å²) in [6.07, 6.45) is 0. The minimum atomic E-state index is -0.549. The maximum Gasteiger partial charge on any atom is 0.317 e. The lowest BCUT2D eigenvalue weighted by Gasteiger charge is -2.21. The Labute approximate surface area is 125 Å². The number of aryl methyl sites for hydroxylation is 2. The van der Waals surface area contributed by atoms with Gasteiger partial charge in [-0.2, -0.15) is 0 Å². The van der Waals surface area contributed by atoms with E-state index in [1.54, 1.807) is 0 Å². The van der Waals surface area contributed by atoms with Gasteiger partial charge in [0.1, 0.15) is 18.9 Å². The maximum absolute atomic E-state index is 11.8. The van der Waals surface area contributed by atoms with Crippen molar-refractivity contribution >= 4 is 11.9 Å². The average molecular weight is 293 g/mol. The quantitative estimate of drug-likeness (QED) is 0.826. The van der Waals surface area contributed by atoms with E-state index < -0.39 is 5.91 Å². The van der Waals surface area contributed by atoms with Gasteiger partial charge in [-0.1, -0.05) is 18.2 Å². The summed E-state index contributed by atoms with van der Waals surface area (Å²) in [5, 5.41) is 2.75. The molecule has 0 radical (unpaired) electrons. The maximum atomic E-state index is 11.8. The number of carbonyl (C=O) groups excluding carboxylic acids is 2. The highest BCUT2D eigenvalue weighted by Gasteiger charge is 2.14. The summed E-state index contributed by atoms with van der Waals surface area (Å²) in [7, 11) is 1.51. The van der Waals surface area contributed by atoms with Crippen molar-refractivity contribution in [3.05, 3.63) is 29.3 Å². The van der Waals surface area contributed by atoms with Gasteiger partial charge in [0, 0.05) is 7.05 Å². The molecular weight excluding hydrogens is 270 g/mol. The molecule has 0 unspecified atom stereocenters. The molecule has 3 amide bonds. The molecule has 0 heterocycles. The fraction of sp³-hybridized carbons (Fsp3) is 0.467. The van der Waals surface area contributed by atoms with E-state index in [1.165, 1.54) is 11.9 Å². The Morgan fingerprint density at radius 1 is 1.33 bits per heavy atom. The van der Waals surface area contributed by atoms with Gasteiger partial charge in [-0.05, 0) is 31.9 Å². The third kappa shape index (κ3) is 5.33. The molecule has 0 aliphatic rings. The zero-order valence-corrected chi connectivity index (χ0v) is 13.0. The minimum Gasteiger partial charge on any atom is -0.491 e. The van der Waals surface area contributed by atoms with Gasteiger partial charge in [-0.3, -0.25) is 4.79 Å². The molecule has 0 aliphatic carbocycles. The van der Waals surface area contributed by atoms with Crippen LogP contribution in [0.2, 0.25) is 0 Å². The van der Waals surface area contributed by atoms with Gasteiger partial charge < -0.3 is 20.7 Å². The number of ether oxygens (including phenoxy) is 1. The molecule has 6 nitrogen and oxygen atoms in total. The van der Waals surface area contributed by atoms with E-state index in [4.69, 9.17) is 10.5 Å². The zero-order chi connectivity index (χ0) is 16.0. The number of amides is 3. The summed E-state index contributed by atoms with van der Waals surface area (Å²) in [6.45, 7) is 6.03. The molecule has 0 saturated heterocycles. The third-order valence-electron chi connectivity index (χ3n) is 3.00. The van der Waals surface area contributed by atoms with Crippen molar-refractivity contribution in [1.29, 1.82) is 0 Å². The topological polar surface area (TPSA) is 84.7 Å². The summed E-state index contributed by atoms with van der Waals surface area (Å²) >= 11 is 0. The first kappa shape index (κ1) is 16.8. The number of para-hydroxylation sites is 1. The number of nitrogens with one attached hydrogen (secondary N) is 1. The minimum absolute atomic E-state index is 0.115. The van der Waals surface area contributed by atoms with Gasteiger partial charge in [-0.25, -0.2) is 4.79 Å². The van der Waals surface area contributed by atoms with Crippen molar-refractivity contribution in [2.45, 2.75) is 26.8 Å². The molecule has 6 heteroatoms. The largest absolute Gasteiger partial charge is 0.491 e. The van der Waals surface area contributed by atoms with Crippen LogP contribution in [-0.4, -0.2) is 43.1 Å². The monoisotopic (exact) mass is 293 g/mol. The van der Waals surface area contributed by atoms with Crippen molar-refractivity contribution in [1.82, 2.24) is 10.2 Å². The molecule has 0 bridgehead atoms. The summed E-state index contributed by atoms with van der Waals surface area (Å²) in [5.41, 5.74) is 7.15. The Kier molecular flexibility index (Phi) is 6.02. The Hall–Kier alpha value is -2.24. The van der Waals surface area contributed by atoms with Crippen LogP contribution in [0.15, 0.2) is 18.2 Å². The van der Waals surface area contributed by atoms with Gasteiger partial charge in [-0.15, -0.1) is 0 Å². The number of primary amides is 1. The molecule has 1 rings (SSSR count). The zero-order valence-electron chi connectivity index (χ0n) is 13.0. The fourth-order valence-electron chi connectivity index (χ4n) is 1.90. The van der Waals surface area contributed by atoms with Crippen LogP contribution in [0.5, 0.6) is 5.75 Å². The van der Waals surface area contributed by atoms with Gasteiger partial charge in [0.05, 0.1) is 6.04 Å². The van der Waals surface area contributed by atoms with Crippen molar-refractivity contribution in [2.24, 2.45) is 5.73 Å². The molecule has 0 fully saturated rings. The predicted octanol–water partition coefficient (Wildman–Crippen LogP) is 1.20. The fourth-order valence-corrected chi connectivity index (χ4v) is 1.90. The van der Waals surface area contributed by atoms with Gasteiger partial charge in [0.15, 0.2) is 0 Å². The smallest absolute Gasteiger partial charge is 0.317 e. The van der Waals surface area contributed by atoms with Crippen molar-refractivity contribution < 1.29 is 14.3 Å². The SMILES string of the molecule is Cc1cccc(C)c1OC[C@H](C)NC(=O)N(C)CC(N)=O. The van der Waals surface area contributed by atoms with Crippen LogP contribution in [0.3, 0.4) is 0 Å². The molecular formula is C15H23N3O3. The molecule has 0 saturated carbocycles. The molecule has 1 atom stereocenters. The van der Waals surface area contributed by atoms with Gasteiger partial charge >= 0.3 is 6.03 Å². The number of hydrogen-bond acceptors (Lipinski definition) is 3. The lowest BCUT2D eigenvalue weighted by atomic mass is 10.1. The Morgan fingerprint density at radius 2 is 1.90 bits per heavy atom. The molecule has 0 aromatic heterocycles. The molecule has 0 aliphatic heterocycles. The standard InChI is InChI=1S/C15H23N3O3/c1-10-6-5-7-11(2)14(10)21-9-12(3)17-15(20)18(4)8-13(16)19/h5-7,12H,8-9H2,1-4H3,(H2,16,19)(H,17,20)/t12-/m0/s1. The van der Waals surface area contributed by atoms with E-state index in [2.05, 4.69) is 5.32 Å². The number of nitrogens with zero attached hydrogens (tertiary/aromatic N) is 1. The van der Waals surface area contributed by atoms with Crippen LogP contribution >= 0.6 is 0 Å². The third-order valence-corrected chi connectivity index (χ3v) is 3.00. The Balaban J connectivity index is 2.49. The van der Waals surface area contributed by atoms with Crippen LogP contribution < -0.4 is 15.8 Å². The number of likely N-dealkylation sites (N-methyl/N-ethyl adjacent to an activating group) is 1. The second kappa shape index (κ2) is 7.52. The van der Waals surface area contributed by atoms with Crippen molar-refractivity contribution in [3.8, 4) is 5.75 Å². The highest BCUT2D eigenvalue weighted by Crippen LogP contribution is 2.22. The molecule has 1 aromatic carbocycles. The number of benzene rings is 1. The molecule has 21 heavy (non-hydrogen) atoms. The normalized spacial score (nSPS) is 11.6. The van der Waals surface area contributed by atoms with E-state index in [-0.39, 0.29) is 18.6 Å². The van der Waals surface area contributed by atoms with E-state index in [1.807, 2.05) is 39.0 Å². The second-order valence-electron chi connectivity index (χ2n) is 5.20. The van der Waals surface area contributed by atoms with Crippen molar-refractivity contribution in [2.75, 3.05) is 20.2 Å². The number of nitrogens with two attached hydrogens (primary N) is 1. The number of carbonyl (C=O) groups is 2. The van der Waals surface area contributed by atoms with E-state index in [0.717, 1.165) is 16.9 Å². The molecule has 1 aromatic rings. The summed E-state index contributed by atoms with van der Waals surface area (Å²) in [5.74, 6) is 0.288. The van der Waals surface area contributed by atoms with Crippen LogP contribution in [0.1, 0.15) is 18.1 Å². The summed E-state index contributed by atoms with van der Waals surface area (Å²) in [4.78, 5) is 23.8. The van der Waals surface area contributed by atoms with Gasteiger partial charge in [0.2, 0.25) is 5.91 Å². The lowest BCUT2D eigenvalue weighted by Crippen LogP contribution is -2.46. The van der Waals surface area contributed by atoms with E-state index >= 15 is 0 Å². The summed E-state index contributed by atoms with van der Waals surface area (Å²) < 4.78 is 5.77. The van der Waals surface area contributed by atoms with Crippen LogP contribution in [0, 0.1) is 13.8 Å². The molecule has 116 valence electrons.